The molecule has 5 heteroatoms. The van der Waals surface area contributed by atoms with E-state index < -0.39 is 6.10 Å². The number of amides is 2. The van der Waals surface area contributed by atoms with Crippen LogP contribution in [-0.2, 0) is 0 Å². The average molecular weight is 275 g/mol. The molecule has 2 N–H and O–H groups in total. The molecular weight excluding hydrogens is 254 g/mol. The van der Waals surface area contributed by atoms with Crippen molar-refractivity contribution >= 4 is 11.7 Å². The first-order valence-electron chi connectivity index (χ1n) is 6.71. The number of benzene rings is 1. The quantitative estimate of drug-likeness (QED) is 0.867. The normalized spacial score (nSPS) is 13.2. The van der Waals surface area contributed by atoms with Crippen LogP contribution in [-0.4, -0.2) is 29.1 Å². The van der Waals surface area contributed by atoms with Crippen molar-refractivity contribution in [2.24, 2.45) is 5.92 Å². The summed E-state index contributed by atoms with van der Waals surface area (Å²) in [6, 6.07) is 8.97. The molecule has 0 heterocycles. The zero-order valence-electron chi connectivity index (χ0n) is 12.1. The van der Waals surface area contributed by atoms with E-state index >= 15 is 0 Å². The summed E-state index contributed by atoms with van der Waals surface area (Å²) in [5.41, 5.74) is 1.38. The van der Waals surface area contributed by atoms with Gasteiger partial charge in [0.1, 0.15) is 0 Å². The van der Waals surface area contributed by atoms with Crippen LogP contribution in [0.3, 0.4) is 0 Å². The summed E-state index contributed by atoms with van der Waals surface area (Å²) in [6.07, 6.45) is -0.576. The van der Waals surface area contributed by atoms with Crippen LogP contribution in [0.25, 0.3) is 0 Å². The van der Waals surface area contributed by atoms with E-state index in [9.17, 15) is 9.90 Å². The summed E-state index contributed by atoms with van der Waals surface area (Å²) in [4.78, 5) is 13.7. The van der Waals surface area contributed by atoms with Crippen LogP contribution in [0.2, 0.25) is 0 Å². The molecule has 0 saturated carbocycles. The molecular formula is C15H21N3O2. The summed E-state index contributed by atoms with van der Waals surface area (Å²) < 4.78 is 0. The second-order valence-corrected chi connectivity index (χ2v) is 4.80. The molecule has 0 bridgehead atoms. The first kappa shape index (κ1) is 16.0. The summed E-state index contributed by atoms with van der Waals surface area (Å²) >= 11 is 0. The van der Waals surface area contributed by atoms with Gasteiger partial charge >= 0.3 is 6.03 Å². The van der Waals surface area contributed by atoms with Crippen LogP contribution in [0.1, 0.15) is 32.4 Å². The van der Waals surface area contributed by atoms with Crippen molar-refractivity contribution in [2.75, 3.05) is 18.4 Å². The summed E-state index contributed by atoms with van der Waals surface area (Å²) in [7, 11) is 0. The number of aliphatic hydroxyl groups is 1. The van der Waals surface area contributed by atoms with Gasteiger partial charge in [-0.3, -0.25) is 0 Å². The number of hydrogen-bond donors (Lipinski definition) is 2. The lowest BCUT2D eigenvalue weighted by Gasteiger charge is -2.22. The Morgan fingerprint density at radius 3 is 2.75 bits per heavy atom. The maximum absolute atomic E-state index is 12.1. The van der Waals surface area contributed by atoms with Crippen LogP contribution in [0.5, 0.6) is 0 Å². The fourth-order valence-corrected chi connectivity index (χ4v) is 1.81. The van der Waals surface area contributed by atoms with E-state index in [1.54, 1.807) is 43.0 Å². The number of nitrogens with zero attached hydrogens (tertiary/aromatic N) is 2. The van der Waals surface area contributed by atoms with E-state index in [1.807, 2.05) is 6.92 Å². The van der Waals surface area contributed by atoms with Gasteiger partial charge < -0.3 is 15.3 Å². The number of urea groups is 1. The third-order valence-electron chi connectivity index (χ3n) is 3.00. The number of anilines is 1. The monoisotopic (exact) mass is 275 g/mol. The van der Waals surface area contributed by atoms with Crippen molar-refractivity contribution in [3.05, 3.63) is 29.8 Å². The van der Waals surface area contributed by atoms with E-state index in [2.05, 4.69) is 11.4 Å². The number of hydrogen-bond acceptors (Lipinski definition) is 3. The van der Waals surface area contributed by atoms with Gasteiger partial charge in [-0.05, 0) is 38.5 Å². The average Bonchev–Trinajstić information content (AvgIpc) is 2.44. The topological polar surface area (TPSA) is 76.4 Å². The van der Waals surface area contributed by atoms with Gasteiger partial charge in [-0.2, -0.15) is 5.26 Å². The van der Waals surface area contributed by atoms with Gasteiger partial charge in [-0.15, -0.1) is 0 Å². The molecule has 108 valence electrons. The smallest absolute Gasteiger partial charge is 0.321 e. The third-order valence-corrected chi connectivity index (χ3v) is 3.00. The van der Waals surface area contributed by atoms with Crippen LogP contribution in [0.4, 0.5) is 10.5 Å². The van der Waals surface area contributed by atoms with Gasteiger partial charge in [0.2, 0.25) is 0 Å². The Morgan fingerprint density at radius 1 is 1.50 bits per heavy atom. The van der Waals surface area contributed by atoms with Crippen molar-refractivity contribution in [1.29, 1.82) is 5.26 Å². The maximum atomic E-state index is 12.1. The summed E-state index contributed by atoms with van der Waals surface area (Å²) in [5.74, 6) is -0.204. The van der Waals surface area contributed by atoms with Crippen LogP contribution in [0, 0.1) is 17.2 Å². The fourth-order valence-electron chi connectivity index (χ4n) is 1.81. The maximum Gasteiger partial charge on any atom is 0.321 e. The number of nitriles is 1. The molecule has 1 aromatic carbocycles. The minimum absolute atomic E-state index is 0.204. The molecule has 2 unspecified atom stereocenters. The number of carbonyl (C=O) groups is 1. The van der Waals surface area contributed by atoms with E-state index in [0.717, 1.165) is 5.56 Å². The van der Waals surface area contributed by atoms with E-state index in [1.165, 1.54) is 0 Å². The minimum atomic E-state index is -0.576. The molecule has 2 amide bonds. The largest absolute Gasteiger partial charge is 0.389 e. The predicted octanol–water partition coefficient (Wildman–Crippen LogP) is 2.75. The van der Waals surface area contributed by atoms with Gasteiger partial charge in [0.15, 0.2) is 0 Å². The van der Waals surface area contributed by atoms with Gasteiger partial charge in [0, 0.05) is 18.8 Å². The molecule has 0 aromatic heterocycles. The molecule has 0 saturated heterocycles. The van der Waals surface area contributed by atoms with Crippen molar-refractivity contribution < 1.29 is 9.90 Å². The molecule has 20 heavy (non-hydrogen) atoms. The lowest BCUT2D eigenvalue weighted by molar-refractivity contribution is 0.199. The molecule has 0 aliphatic heterocycles. The molecule has 0 aliphatic carbocycles. The van der Waals surface area contributed by atoms with Gasteiger partial charge in [-0.25, -0.2) is 4.79 Å². The Balaban J connectivity index is 2.73. The van der Waals surface area contributed by atoms with Crippen molar-refractivity contribution in [1.82, 2.24) is 4.90 Å². The summed E-state index contributed by atoms with van der Waals surface area (Å²) in [6.45, 7) is 6.26. The molecule has 0 aliphatic rings. The fraction of sp³-hybridized carbons (Fsp3) is 0.467. The van der Waals surface area contributed by atoms with Gasteiger partial charge in [0.05, 0.1) is 18.1 Å². The van der Waals surface area contributed by atoms with Crippen molar-refractivity contribution in [3.8, 4) is 6.07 Å². The number of nitrogens with one attached hydrogen (secondary N) is 1. The number of carbonyl (C=O) groups excluding carboxylic acids is 1. The Kier molecular flexibility index (Phi) is 6.01. The Hall–Kier alpha value is -2.06. The lowest BCUT2D eigenvalue weighted by atomic mass is 10.1. The van der Waals surface area contributed by atoms with E-state index in [-0.39, 0.29) is 11.9 Å². The highest BCUT2D eigenvalue weighted by Crippen LogP contribution is 2.17. The standard InChI is InChI=1S/C15H21N3O2/c1-4-18(10-11(2)9-16)15(20)17-14-7-5-6-13(8-14)12(3)19/h5-8,11-12,19H,4,10H2,1-3H3,(H,17,20). The highest BCUT2D eigenvalue weighted by molar-refractivity contribution is 5.89. The van der Waals surface area contributed by atoms with Crippen LogP contribution >= 0.6 is 0 Å². The highest BCUT2D eigenvalue weighted by Gasteiger charge is 2.15. The van der Waals surface area contributed by atoms with E-state index in [4.69, 9.17) is 5.26 Å². The predicted molar refractivity (Wildman–Crippen MR) is 78.1 cm³/mol. The first-order valence-corrected chi connectivity index (χ1v) is 6.71. The molecule has 1 rings (SSSR count). The molecule has 5 nitrogen and oxygen atoms in total. The summed E-state index contributed by atoms with van der Waals surface area (Å²) in [5, 5.41) is 21.1. The van der Waals surface area contributed by atoms with Crippen LogP contribution < -0.4 is 5.32 Å². The Morgan fingerprint density at radius 2 is 2.20 bits per heavy atom. The second kappa shape index (κ2) is 7.51. The van der Waals surface area contributed by atoms with Crippen molar-refractivity contribution in [3.63, 3.8) is 0 Å². The minimum Gasteiger partial charge on any atom is -0.389 e. The zero-order chi connectivity index (χ0) is 15.1. The Bertz CT molecular complexity index is 494. The lowest BCUT2D eigenvalue weighted by Crippen LogP contribution is -2.37. The number of rotatable bonds is 5. The van der Waals surface area contributed by atoms with Crippen LogP contribution in [0.15, 0.2) is 24.3 Å². The number of aliphatic hydroxyl groups excluding tert-OH is 1. The first-order chi connectivity index (χ1) is 9.47. The van der Waals surface area contributed by atoms with Gasteiger partial charge in [0.25, 0.3) is 0 Å². The molecule has 2 atom stereocenters. The second-order valence-electron chi connectivity index (χ2n) is 4.80. The molecule has 0 spiro atoms. The molecule has 1 aromatic rings. The van der Waals surface area contributed by atoms with Gasteiger partial charge in [-0.1, -0.05) is 12.1 Å². The zero-order valence-corrected chi connectivity index (χ0v) is 12.1. The highest BCUT2D eigenvalue weighted by atomic mass is 16.3. The van der Waals surface area contributed by atoms with Crippen molar-refractivity contribution in [2.45, 2.75) is 26.9 Å². The SMILES string of the molecule is CCN(CC(C)C#N)C(=O)Nc1cccc(C(C)O)c1. The Labute approximate surface area is 119 Å². The third kappa shape index (κ3) is 4.56. The molecule has 0 fully saturated rings. The van der Waals surface area contributed by atoms with E-state index in [0.29, 0.717) is 18.8 Å². The molecule has 0 radical (unpaired) electrons.